The Hall–Kier alpha value is -3.39. The average Bonchev–Trinajstić information content (AvgIpc) is 3.88. The maximum Gasteiger partial charge on any atom is 0.305 e. The summed E-state index contributed by atoms with van der Waals surface area (Å²) in [4.78, 5) is 26.9. The monoisotopic (exact) mass is 607 g/mol. The number of hydrogen-bond acceptors (Lipinski definition) is 7. The Morgan fingerprint density at radius 3 is 2.44 bits per heavy atom. The minimum Gasteiger partial charge on any atom is -0.469 e. The zero-order valence-electron chi connectivity index (χ0n) is 24.9. The highest BCUT2D eigenvalue weighted by Crippen LogP contribution is 2.38. The van der Waals surface area contributed by atoms with Crippen LogP contribution < -0.4 is 10.0 Å². The standard InChI is InChI=1S/C33H41N3O6S/c1-34-30-21-29(17-14-25(30)9-7-23-3-5-24(6-4-23)8-18-32(37)41-2)43(39,40)35-28-15-12-27(13-16-28)33(38)36-19-20-42-22-31(36)26-10-11-26/h3-6,14,17,21,26-28,31,34-35H,8,10-13,15-16,18-20,22H2,1-2H3/t27-,28-,31?. The summed E-state index contributed by atoms with van der Waals surface area (Å²) < 4.78 is 39.8. The summed E-state index contributed by atoms with van der Waals surface area (Å²) in [6.45, 7) is 1.89. The molecule has 1 aliphatic heterocycles. The number of esters is 1. The summed E-state index contributed by atoms with van der Waals surface area (Å²) in [7, 11) is -0.630. The van der Waals surface area contributed by atoms with Gasteiger partial charge in [0.1, 0.15) is 0 Å². The Balaban J connectivity index is 1.17. The summed E-state index contributed by atoms with van der Waals surface area (Å²) in [5, 5.41) is 3.07. The molecule has 0 radical (unpaired) electrons. The Bertz CT molecular complexity index is 1470. The van der Waals surface area contributed by atoms with Gasteiger partial charge < -0.3 is 19.7 Å². The third kappa shape index (κ3) is 7.96. The lowest BCUT2D eigenvalue weighted by Crippen LogP contribution is -2.52. The van der Waals surface area contributed by atoms with E-state index in [1.54, 1.807) is 25.2 Å². The quantitative estimate of drug-likeness (QED) is 0.330. The number of carbonyl (C=O) groups excluding carboxylic acids is 2. The molecule has 1 unspecified atom stereocenters. The summed E-state index contributed by atoms with van der Waals surface area (Å²) in [5.41, 5.74) is 3.14. The fourth-order valence-electron chi connectivity index (χ4n) is 6.00. The zero-order valence-corrected chi connectivity index (χ0v) is 25.8. The molecule has 1 amide bonds. The first-order chi connectivity index (χ1) is 20.8. The fourth-order valence-corrected chi connectivity index (χ4v) is 7.33. The van der Waals surface area contributed by atoms with Crippen molar-refractivity contribution < 1.29 is 27.5 Å². The second-order valence-corrected chi connectivity index (χ2v) is 13.4. The highest BCUT2D eigenvalue weighted by Gasteiger charge is 2.41. The van der Waals surface area contributed by atoms with Crippen LogP contribution in [0.15, 0.2) is 47.4 Å². The van der Waals surface area contributed by atoms with Crippen LogP contribution in [0.5, 0.6) is 0 Å². The topological polar surface area (TPSA) is 114 Å². The molecule has 10 heteroatoms. The SMILES string of the molecule is CNc1cc(S(=O)(=O)N[C@H]2CC[C@H](C(=O)N3CCOCC3C3CC3)CC2)ccc1C#Cc1ccc(CCC(=O)OC)cc1. The molecular weight excluding hydrogens is 566 g/mol. The molecule has 2 saturated carbocycles. The number of ether oxygens (including phenoxy) is 2. The molecule has 1 saturated heterocycles. The second kappa shape index (κ2) is 13.9. The first kappa shape index (κ1) is 31.0. The Morgan fingerprint density at radius 1 is 1.02 bits per heavy atom. The maximum absolute atomic E-state index is 13.3. The molecule has 0 aromatic heterocycles. The van der Waals surface area contributed by atoms with Gasteiger partial charge in [0.15, 0.2) is 0 Å². The average molecular weight is 608 g/mol. The van der Waals surface area contributed by atoms with Gasteiger partial charge in [-0.2, -0.15) is 0 Å². The van der Waals surface area contributed by atoms with Crippen LogP contribution in [0.25, 0.3) is 0 Å². The number of amides is 1. The molecule has 1 atom stereocenters. The molecule has 2 aliphatic carbocycles. The number of sulfonamides is 1. The summed E-state index contributed by atoms with van der Waals surface area (Å²) >= 11 is 0. The van der Waals surface area contributed by atoms with Gasteiger partial charge in [0.05, 0.1) is 36.9 Å². The largest absolute Gasteiger partial charge is 0.469 e. The van der Waals surface area contributed by atoms with E-state index in [0.29, 0.717) is 75.5 Å². The van der Waals surface area contributed by atoms with Crippen LogP contribution in [-0.2, 0) is 35.5 Å². The van der Waals surface area contributed by atoms with Gasteiger partial charge in [0.2, 0.25) is 15.9 Å². The molecule has 43 heavy (non-hydrogen) atoms. The molecule has 2 aromatic carbocycles. The Morgan fingerprint density at radius 2 is 1.77 bits per heavy atom. The third-order valence-electron chi connectivity index (χ3n) is 8.72. The fraction of sp³-hybridized carbons (Fsp3) is 0.515. The van der Waals surface area contributed by atoms with Crippen molar-refractivity contribution in [2.24, 2.45) is 11.8 Å². The molecule has 1 heterocycles. The van der Waals surface area contributed by atoms with Gasteiger partial charge in [-0.05, 0) is 86.8 Å². The Kier molecular flexibility index (Phi) is 10.1. The number of rotatable bonds is 9. The van der Waals surface area contributed by atoms with E-state index >= 15 is 0 Å². The maximum atomic E-state index is 13.3. The lowest BCUT2D eigenvalue weighted by Gasteiger charge is -2.39. The summed E-state index contributed by atoms with van der Waals surface area (Å²) in [6, 6.07) is 12.6. The number of carbonyl (C=O) groups is 2. The number of morpholine rings is 1. The van der Waals surface area contributed by atoms with Crippen LogP contribution >= 0.6 is 0 Å². The first-order valence-corrected chi connectivity index (χ1v) is 16.7. The van der Waals surface area contributed by atoms with E-state index in [0.717, 1.165) is 11.1 Å². The molecule has 9 nitrogen and oxygen atoms in total. The molecule has 3 fully saturated rings. The van der Waals surface area contributed by atoms with Gasteiger partial charge in [0, 0.05) is 43.1 Å². The van der Waals surface area contributed by atoms with Gasteiger partial charge >= 0.3 is 5.97 Å². The number of aryl methyl sites for hydroxylation is 1. The van der Waals surface area contributed by atoms with Crippen LogP contribution in [0.3, 0.4) is 0 Å². The number of anilines is 1. The van der Waals surface area contributed by atoms with E-state index in [1.165, 1.54) is 20.0 Å². The summed E-state index contributed by atoms with van der Waals surface area (Å²) in [6.07, 6.45) is 5.91. The van der Waals surface area contributed by atoms with Crippen LogP contribution in [0.4, 0.5) is 5.69 Å². The molecule has 230 valence electrons. The van der Waals surface area contributed by atoms with E-state index in [4.69, 9.17) is 4.74 Å². The second-order valence-electron chi connectivity index (χ2n) is 11.7. The zero-order chi connectivity index (χ0) is 30.4. The van der Waals surface area contributed by atoms with Gasteiger partial charge in [-0.3, -0.25) is 9.59 Å². The normalized spacial score (nSPS) is 22.3. The van der Waals surface area contributed by atoms with Crippen molar-refractivity contribution in [3.8, 4) is 11.8 Å². The van der Waals surface area contributed by atoms with E-state index in [2.05, 4.69) is 26.6 Å². The van der Waals surface area contributed by atoms with Crippen LogP contribution in [-0.4, -0.2) is 71.2 Å². The van der Waals surface area contributed by atoms with Crippen LogP contribution in [0, 0.1) is 23.7 Å². The molecule has 5 rings (SSSR count). The highest BCUT2D eigenvalue weighted by molar-refractivity contribution is 7.89. The third-order valence-corrected chi connectivity index (χ3v) is 10.2. The van der Waals surface area contributed by atoms with Crippen molar-refractivity contribution in [2.45, 2.75) is 68.3 Å². The predicted octanol–water partition coefficient (Wildman–Crippen LogP) is 3.71. The molecule has 0 spiro atoms. The van der Waals surface area contributed by atoms with E-state index in [-0.39, 0.29) is 34.8 Å². The minimum absolute atomic E-state index is 0.0510. The van der Waals surface area contributed by atoms with E-state index < -0.39 is 10.0 Å². The molecule has 3 aliphatic rings. The molecule has 2 aromatic rings. The van der Waals surface area contributed by atoms with Gasteiger partial charge in [0.25, 0.3) is 0 Å². The summed E-state index contributed by atoms with van der Waals surface area (Å²) in [5.74, 6) is 6.75. The van der Waals surface area contributed by atoms with Crippen molar-refractivity contribution in [3.63, 3.8) is 0 Å². The molecular formula is C33H41N3O6S. The molecule has 0 bridgehead atoms. The van der Waals surface area contributed by atoms with Crippen molar-refractivity contribution in [3.05, 3.63) is 59.2 Å². The van der Waals surface area contributed by atoms with Gasteiger partial charge in [-0.25, -0.2) is 13.1 Å². The van der Waals surface area contributed by atoms with Gasteiger partial charge in [-0.1, -0.05) is 24.0 Å². The smallest absolute Gasteiger partial charge is 0.305 e. The van der Waals surface area contributed by atoms with Crippen molar-refractivity contribution in [2.75, 3.05) is 39.2 Å². The van der Waals surface area contributed by atoms with Crippen molar-refractivity contribution in [1.82, 2.24) is 9.62 Å². The first-order valence-electron chi connectivity index (χ1n) is 15.2. The van der Waals surface area contributed by atoms with Crippen molar-refractivity contribution in [1.29, 1.82) is 0 Å². The van der Waals surface area contributed by atoms with Crippen molar-refractivity contribution >= 4 is 27.6 Å². The number of benzene rings is 2. The number of nitrogens with one attached hydrogen (secondary N) is 2. The highest BCUT2D eigenvalue weighted by atomic mass is 32.2. The predicted molar refractivity (Wildman–Crippen MR) is 164 cm³/mol. The lowest BCUT2D eigenvalue weighted by molar-refractivity contribution is -0.146. The Labute approximate surface area is 254 Å². The number of methoxy groups -OCH3 is 1. The molecule has 2 N–H and O–H groups in total. The van der Waals surface area contributed by atoms with E-state index in [9.17, 15) is 18.0 Å². The van der Waals surface area contributed by atoms with E-state index in [1.807, 2.05) is 29.2 Å². The number of hydrogen-bond donors (Lipinski definition) is 2. The minimum atomic E-state index is -3.75. The number of nitrogens with zero attached hydrogens (tertiary/aromatic N) is 1. The van der Waals surface area contributed by atoms with Gasteiger partial charge in [-0.15, -0.1) is 0 Å². The van der Waals surface area contributed by atoms with Crippen LogP contribution in [0.1, 0.15) is 61.6 Å². The van der Waals surface area contributed by atoms with Crippen LogP contribution in [0.2, 0.25) is 0 Å². The lowest BCUT2D eigenvalue weighted by atomic mass is 9.85.